The quantitative estimate of drug-likeness (QED) is 0.727. The molecular formula is C16H11ClF3N3. The lowest BCUT2D eigenvalue weighted by atomic mass is 9.87. The molecule has 0 radical (unpaired) electrons. The van der Waals surface area contributed by atoms with Crippen molar-refractivity contribution in [2.24, 2.45) is 5.92 Å². The third kappa shape index (κ3) is 3.15. The maximum atomic E-state index is 12.9. The average molecular weight is 338 g/mol. The Hall–Kier alpha value is -2.13. The fourth-order valence-electron chi connectivity index (χ4n) is 2.67. The Morgan fingerprint density at radius 1 is 1.17 bits per heavy atom. The zero-order valence-electron chi connectivity index (χ0n) is 11.9. The fraction of sp³-hybridized carbons (Fsp3) is 0.312. The molecule has 0 bridgehead atoms. The van der Waals surface area contributed by atoms with E-state index in [0.29, 0.717) is 28.2 Å². The molecule has 1 aromatic heterocycles. The van der Waals surface area contributed by atoms with E-state index in [1.54, 1.807) is 24.3 Å². The lowest BCUT2D eigenvalue weighted by Gasteiger charge is -2.26. The van der Waals surface area contributed by atoms with Crippen LogP contribution in [0.4, 0.5) is 13.2 Å². The van der Waals surface area contributed by atoms with Crippen LogP contribution in [0.3, 0.4) is 0 Å². The molecular weight excluding hydrogens is 327 g/mol. The summed E-state index contributed by atoms with van der Waals surface area (Å²) in [4.78, 5) is 8.50. The zero-order chi connectivity index (χ0) is 16.6. The van der Waals surface area contributed by atoms with Crippen molar-refractivity contribution in [2.75, 3.05) is 0 Å². The first-order valence-corrected chi connectivity index (χ1v) is 7.39. The number of aryl methyl sites for hydroxylation is 1. The Bertz CT molecular complexity index is 779. The summed E-state index contributed by atoms with van der Waals surface area (Å²) in [6, 6.07) is 8.66. The van der Waals surface area contributed by atoms with Gasteiger partial charge in [0.1, 0.15) is 5.15 Å². The number of nitriles is 1. The number of aromatic nitrogens is 2. The zero-order valence-corrected chi connectivity index (χ0v) is 12.6. The number of halogens is 4. The van der Waals surface area contributed by atoms with Gasteiger partial charge < -0.3 is 0 Å². The summed E-state index contributed by atoms with van der Waals surface area (Å²) in [5.41, 5.74) is 2.14. The molecule has 3 rings (SSSR count). The van der Waals surface area contributed by atoms with Crippen molar-refractivity contribution in [3.05, 3.63) is 46.2 Å². The lowest BCUT2D eigenvalue weighted by Crippen LogP contribution is -2.29. The van der Waals surface area contributed by atoms with Crippen LogP contribution < -0.4 is 0 Å². The topological polar surface area (TPSA) is 49.6 Å². The van der Waals surface area contributed by atoms with E-state index in [1.165, 1.54) is 0 Å². The highest BCUT2D eigenvalue weighted by molar-refractivity contribution is 6.30. The second-order valence-corrected chi connectivity index (χ2v) is 5.79. The van der Waals surface area contributed by atoms with Gasteiger partial charge in [-0.05, 0) is 43.5 Å². The van der Waals surface area contributed by atoms with Crippen LogP contribution in [0.15, 0.2) is 24.3 Å². The maximum Gasteiger partial charge on any atom is 0.392 e. The average Bonchev–Trinajstić information content (AvgIpc) is 2.53. The largest absolute Gasteiger partial charge is 0.392 e. The molecule has 0 saturated heterocycles. The Morgan fingerprint density at radius 3 is 2.48 bits per heavy atom. The summed E-state index contributed by atoms with van der Waals surface area (Å²) in [5, 5.41) is 8.87. The minimum absolute atomic E-state index is 0.0106. The smallest absolute Gasteiger partial charge is 0.233 e. The van der Waals surface area contributed by atoms with Gasteiger partial charge in [0.05, 0.1) is 17.6 Å². The number of alkyl halides is 3. The molecule has 0 fully saturated rings. The van der Waals surface area contributed by atoms with Crippen molar-refractivity contribution in [1.82, 2.24) is 9.97 Å². The Labute approximate surface area is 135 Å². The SMILES string of the molecule is N#Cc1ccc(-c2nc(Cl)c3c(n2)CCC(C(F)(F)F)C3)cc1. The van der Waals surface area contributed by atoms with Gasteiger partial charge in [0, 0.05) is 16.8 Å². The van der Waals surface area contributed by atoms with E-state index in [1.807, 2.05) is 6.07 Å². The molecule has 23 heavy (non-hydrogen) atoms. The molecule has 0 saturated carbocycles. The third-order valence-electron chi connectivity index (χ3n) is 3.96. The molecule has 0 spiro atoms. The molecule has 0 N–H and O–H groups in total. The van der Waals surface area contributed by atoms with Crippen LogP contribution in [0, 0.1) is 17.2 Å². The Morgan fingerprint density at radius 2 is 1.87 bits per heavy atom. The van der Waals surface area contributed by atoms with Gasteiger partial charge in [0.2, 0.25) is 0 Å². The van der Waals surface area contributed by atoms with E-state index in [2.05, 4.69) is 9.97 Å². The monoisotopic (exact) mass is 337 g/mol. The third-order valence-corrected chi connectivity index (χ3v) is 4.27. The minimum atomic E-state index is -4.23. The summed E-state index contributed by atoms with van der Waals surface area (Å²) < 4.78 is 38.6. The normalized spacial score (nSPS) is 17.4. The first-order valence-electron chi connectivity index (χ1n) is 7.01. The van der Waals surface area contributed by atoms with Crippen molar-refractivity contribution in [2.45, 2.75) is 25.4 Å². The lowest BCUT2D eigenvalue weighted by molar-refractivity contribution is -0.177. The summed E-state index contributed by atoms with van der Waals surface area (Å²) in [6.07, 6.45) is -4.17. The predicted octanol–water partition coefficient (Wildman–Crippen LogP) is 4.34. The van der Waals surface area contributed by atoms with E-state index in [4.69, 9.17) is 16.9 Å². The van der Waals surface area contributed by atoms with E-state index < -0.39 is 12.1 Å². The molecule has 1 atom stereocenters. The number of rotatable bonds is 1. The number of hydrogen-bond donors (Lipinski definition) is 0. The van der Waals surface area contributed by atoms with Crippen LogP contribution in [-0.2, 0) is 12.8 Å². The van der Waals surface area contributed by atoms with Crippen LogP contribution in [0.2, 0.25) is 5.15 Å². The van der Waals surface area contributed by atoms with Crippen molar-refractivity contribution in [3.8, 4) is 17.5 Å². The van der Waals surface area contributed by atoms with Gasteiger partial charge in [-0.15, -0.1) is 0 Å². The van der Waals surface area contributed by atoms with Crippen molar-refractivity contribution in [3.63, 3.8) is 0 Å². The van der Waals surface area contributed by atoms with Crippen LogP contribution >= 0.6 is 11.6 Å². The predicted molar refractivity (Wildman–Crippen MR) is 78.8 cm³/mol. The van der Waals surface area contributed by atoms with Gasteiger partial charge in [-0.3, -0.25) is 0 Å². The molecule has 7 heteroatoms. The number of benzene rings is 1. The van der Waals surface area contributed by atoms with Gasteiger partial charge in [0.15, 0.2) is 5.82 Å². The minimum Gasteiger partial charge on any atom is -0.233 e. The van der Waals surface area contributed by atoms with Gasteiger partial charge in [-0.1, -0.05) is 11.6 Å². The standard InChI is InChI=1S/C16H11ClF3N3/c17-14-12-7-11(16(18,19)20)5-6-13(12)22-15(23-14)10-3-1-9(8-21)2-4-10/h1-4,11H,5-7H2. The van der Waals surface area contributed by atoms with Crippen molar-refractivity contribution < 1.29 is 13.2 Å². The molecule has 1 unspecified atom stereocenters. The molecule has 0 aliphatic heterocycles. The highest BCUT2D eigenvalue weighted by atomic mass is 35.5. The first kappa shape index (κ1) is 15.8. The number of fused-ring (bicyclic) bond motifs is 1. The fourth-order valence-corrected chi connectivity index (χ4v) is 2.94. The Kier molecular flexibility index (Phi) is 3.99. The highest BCUT2D eigenvalue weighted by Gasteiger charge is 2.42. The summed E-state index contributed by atoms with van der Waals surface area (Å²) >= 11 is 6.10. The van der Waals surface area contributed by atoms with Crippen LogP contribution in [0.1, 0.15) is 23.2 Å². The highest BCUT2D eigenvalue weighted by Crippen LogP contribution is 2.38. The molecule has 1 aliphatic rings. The first-order chi connectivity index (χ1) is 10.9. The summed E-state index contributed by atoms with van der Waals surface area (Å²) in [7, 11) is 0. The number of hydrogen-bond acceptors (Lipinski definition) is 3. The van der Waals surface area contributed by atoms with E-state index in [-0.39, 0.29) is 24.4 Å². The van der Waals surface area contributed by atoms with Gasteiger partial charge in [0.25, 0.3) is 0 Å². The van der Waals surface area contributed by atoms with Gasteiger partial charge >= 0.3 is 6.18 Å². The van der Waals surface area contributed by atoms with E-state index in [9.17, 15) is 13.2 Å². The maximum absolute atomic E-state index is 12.9. The second kappa shape index (κ2) is 5.82. The van der Waals surface area contributed by atoms with Crippen LogP contribution in [0.25, 0.3) is 11.4 Å². The van der Waals surface area contributed by atoms with Gasteiger partial charge in [-0.25, -0.2) is 9.97 Å². The molecule has 118 valence electrons. The van der Waals surface area contributed by atoms with Crippen LogP contribution in [0.5, 0.6) is 0 Å². The van der Waals surface area contributed by atoms with Gasteiger partial charge in [-0.2, -0.15) is 18.4 Å². The summed E-state index contributed by atoms with van der Waals surface area (Å²) in [6.45, 7) is 0. The van der Waals surface area contributed by atoms with E-state index >= 15 is 0 Å². The van der Waals surface area contributed by atoms with Crippen LogP contribution in [-0.4, -0.2) is 16.1 Å². The van der Waals surface area contributed by atoms with Crippen molar-refractivity contribution >= 4 is 11.6 Å². The second-order valence-electron chi connectivity index (χ2n) is 5.43. The molecule has 0 amide bonds. The van der Waals surface area contributed by atoms with Crippen molar-refractivity contribution in [1.29, 1.82) is 5.26 Å². The molecule has 2 aromatic rings. The number of nitrogens with zero attached hydrogens (tertiary/aromatic N) is 3. The summed E-state index contributed by atoms with van der Waals surface area (Å²) in [5.74, 6) is -1.03. The molecule has 1 aromatic carbocycles. The van der Waals surface area contributed by atoms with E-state index in [0.717, 1.165) is 0 Å². The molecule has 3 nitrogen and oxygen atoms in total. The molecule has 1 heterocycles. The molecule has 1 aliphatic carbocycles. The Balaban J connectivity index is 1.96.